The van der Waals surface area contributed by atoms with Crippen LogP contribution in [0, 0.1) is 0 Å². The number of nitrogens with zero attached hydrogens (tertiary/aromatic N) is 2. The molecule has 0 bridgehead atoms. The van der Waals surface area contributed by atoms with Crippen LogP contribution >= 0.6 is 27.5 Å². The van der Waals surface area contributed by atoms with E-state index in [1.807, 2.05) is 60.7 Å². The third kappa shape index (κ3) is 3.34. The van der Waals surface area contributed by atoms with Gasteiger partial charge in [-0.1, -0.05) is 70.0 Å². The summed E-state index contributed by atoms with van der Waals surface area (Å²) in [5, 5.41) is 7.29. The van der Waals surface area contributed by atoms with Crippen molar-refractivity contribution in [1.29, 1.82) is 0 Å². The van der Waals surface area contributed by atoms with Crippen LogP contribution in [0.5, 0.6) is 5.75 Å². The van der Waals surface area contributed by atoms with Crippen molar-refractivity contribution in [2.24, 2.45) is 5.10 Å². The summed E-state index contributed by atoms with van der Waals surface area (Å²) < 4.78 is 7.05. The molecule has 2 atom stereocenters. The van der Waals surface area contributed by atoms with Crippen molar-refractivity contribution < 1.29 is 9.53 Å². The molecule has 2 aliphatic heterocycles. The van der Waals surface area contributed by atoms with Crippen molar-refractivity contribution in [2.45, 2.75) is 18.7 Å². The van der Waals surface area contributed by atoms with Gasteiger partial charge in [0.15, 0.2) is 0 Å². The van der Waals surface area contributed by atoms with Gasteiger partial charge in [-0.3, -0.25) is 4.79 Å². The largest absolute Gasteiger partial charge is 0.461 e. The standard InChI is InChI=1S/C23H16BrClN2O2/c24-16-9-5-15(6-10-16)22(28)23-27-20(18-3-1-2-4-21(18)29-23)13-19(26-27)14-7-11-17(25)12-8-14/h1-12,20,23H,13H2/t20-,23+/m1/s1. The van der Waals surface area contributed by atoms with Gasteiger partial charge in [-0.15, -0.1) is 0 Å². The molecule has 2 aliphatic rings. The number of rotatable bonds is 3. The molecule has 3 aromatic rings. The maximum Gasteiger partial charge on any atom is 0.251 e. The average Bonchev–Trinajstić information content (AvgIpc) is 3.19. The van der Waals surface area contributed by atoms with Gasteiger partial charge in [0.2, 0.25) is 5.78 Å². The van der Waals surface area contributed by atoms with E-state index < -0.39 is 6.23 Å². The Hall–Kier alpha value is -2.63. The molecule has 0 radical (unpaired) electrons. The number of carbonyl (C=O) groups is 1. The van der Waals surface area contributed by atoms with E-state index >= 15 is 0 Å². The van der Waals surface area contributed by atoms with Crippen LogP contribution in [-0.4, -0.2) is 22.7 Å². The number of halogens is 2. The van der Waals surface area contributed by atoms with Crippen molar-refractivity contribution in [3.05, 3.63) is 99.0 Å². The number of para-hydroxylation sites is 1. The fourth-order valence-electron chi connectivity index (χ4n) is 3.78. The zero-order valence-electron chi connectivity index (χ0n) is 15.3. The van der Waals surface area contributed by atoms with Gasteiger partial charge in [0.1, 0.15) is 5.75 Å². The Kier molecular flexibility index (Phi) is 4.64. The predicted octanol–water partition coefficient (Wildman–Crippen LogP) is 5.86. The summed E-state index contributed by atoms with van der Waals surface area (Å²) in [7, 11) is 0. The van der Waals surface area contributed by atoms with Crippen molar-refractivity contribution in [2.75, 3.05) is 0 Å². The first-order valence-electron chi connectivity index (χ1n) is 9.27. The second-order valence-corrected chi connectivity index (χ2v) is 8.38. The quantitative estimate of drug-likeness (QED) is 0.453. The van der Waals surface area contributed by atoms with Gasteiger partial charge >= 0.3 is 0 Å². The molecule has 0 N–H and O–H groups in total. The zero-order valence-corrected chi connectivity index (χ0v) is 17.6. The molecule has 6 heteroatoms. The van der Waals surface area contributed by atoms with Crippen molar-refractivity contribution in [1.82, 2.24) is 5.01 Å². The van der Waals surface area contributed by atoms with Gasteiger partial charge in [0, 0.05) is 27.0 Å². The number of hydrogen-bond acceptors (Lipinski definition) is 4. The third-order valence-corrected chi connectivity index (χ3v) is 6.01. The molecule has 3 aromatic carbocycles. The monoisotopic (exact) mass is 466 g/mol. The molecular formula is C23H16BrClN2O2. The highest BCUT2D eigenvalue weighted by Gasteiger charge is 2.43. The van der Waals surface area contributed by atoms with Gasteiger partial charge in [-0.05, 0) is 35.9 Å². The van der Waals surface area contributed by atoms with Gasteiger partial charge in [0.25, 0.3) is 6.23 Å². The molecule has 0 aromatic heterocycles. The molecular weight excluding hydrogens is 452 g/mol. The highest BCUT2D eigenvalue weighted by Crippen LogP contribution is 2.43. The van der Waals surface area contributed by atoms with E-state index in [9.17, 15) is 4.79 Å². The molecule has 0 unspecified atom stereocenters. The molecule has 2 heterocycles. The first kappa shape index (κ1) is 18.4. The third-order valence-electron chi connectivity index (χ3n) is 5.23. The Morgan fingerprint density at radius 1 is 1.03 bits per heavy atom. The van der Waals surface area contributed by atoms with Crippen LogP contribution in [0.2, 0.25) is 5.02 Å². The van der Waals surface area contributed by atoms with E-state index in [0.717, 1.165) is 27.1 Å². The molecule has 29 heavy (non-hydrogen) atoms. The van der Waals surface area contributed by atoms with Crippen LogP contribution in [0.25, 0.3) is 0 Å². The highest BCUT2D eigenvalue weighted by atomic mass is 79.9. The van der Waals surface area contributed by atoms with Crippen LogP contribution < -0.4 is 4.74 Å². The normalized spacial score (nSPS) is 19.8. The SMILES string of the molecule is O=C(c1ccc(Br)cc1)[C@@H]1Oc2ccccc2[C@H]2CC(c3ccc(Cl)cc3)=NN21. The minimum atomic E-state index is -0.805. The number of benzene rings is 3. The van der Waals surface area contributed by atoms with Gasteiger partial charge < -0.3 is 4.74 Å². The second-order valence-electron chi connectivity index (χ2n) is 7.03. The summed E-state index contributed by atoms with van der Waals surface area (Å²) in [5.41, 5.74) is 3.54. The number of fused-ring (bicyclic) bond motifs is 3. The Labute approximate surface area is 181 Å². The lowest BCUT2D eigenvalue weighted by Gasteiger charge is -2.37. The summed E-state index contributed by atoms with van der Waals surface area (Å²) in [5.74, 6) is 0.620. The lowest BCUT2D eigenvalue weighted by atomic mass is 9.96. The van der Waals surface area contributed by atoms with Crippen LogP contribution in [0.4, 0.5) is 0 Å². The Morgan fingerprint density at radius 3 is 2.52 bits per heavy atom. The molecule has 0 aliphatic carbocycles. The number of Topliss-reactive ketones (excluding diaryl/α,β-unsaturated/α-hetero) is 1. The Bertz CT molecular complexity index is 1110. The first-order chi connectivity index (χ1) is 14.1. The molecule has 5 rings (SSSR count). The summed E-state index contributed by atoms with van der Waals surface area (Å²) in [6, 6.07) is 22.7. The summed E-state index contributed by atoms with van der Waals surface area (Å²) >= 11 is 9.44. The average molecular weight is 468 g/mol. The predicted molar refractivity (Wildman–Crippen MR) is 117 cm³/mol. The van der Waals surface area contributed by atoms with E-state index in [0.29, 0.717) is 17.0 Å². The Balaban J connectivity index is 1.55. The lowest BCUT2D eigenvalue weighted by Crippen LogP contribution is -2.45. The van der Waals surface area contributed by atoms with Crippen molar-refractivity contribution >= 4 is 39.0 Å². The molecule has 0 saturated heterocycles. The lowest BCUT2D eigenvalue weighted by molar-refractivity contribution is -0.00455. The summed E-state index contributed by atoms with van der Waals surface area (Å²) in [6.45, 7) is 0. The molecule has 0 spiro atoms. The molecule has 0 saturated carbocycles. The highest BCUT2D eigenvalue weighted by molar-refractivity contribution is 9.10. The molecule has 0 fully saturated rings. The zero-order chi connectivity index (χ0) is 20.0. The number of hydrazone groups is 1. The Morgan fingerprint density at radius 2 is 1.76 bits per heavy atom. The minimum absolute atomic E-state index is 0.0463. The van der Waals surface area contributed by atoms with Crippen LogP contribution in [0.3, 0.4) is 0 Å². The molecule has 4 nitrogen and oxygen atoms in total. The second kappa shape index (κ2) is 7.32. The number of hydrogen-bond donors (Lipinski definition) is 0. The molecule has 144 valence electrons. The topological polar surface area (TPSA) is 41.9 Å². The van der Waals surface area contributed by atoms with Gasteiger partial charge in [0.05, 0.1) is 11.8 Å². The fraction of sp³-hybridized carbons (Fsp3) is 0.130. The number of ether oxygens (including phenoxy) is 1. The smallest absolute Gasteiger partial charge is 0.251 e. The maximum atomic E-state index is 13.3. The molecule has 0 amide bonds. The van der Waals surface area contributed by atoms with Crippen LogP contribution in [-0.2, 0) is 0 Å². The first-order valence-corrected chi connectivity index (χ1v) is 10.4. The number of ketones is 1. The number of carbonyl (C=O) groups excluding carboxylic acids is 1. The maximum absolute atomic E-state index is 13.3. The van der Waals surface area contributed by atoms with E-state index in [1.165, 1.54) is 0 Å². The van der Waals surface area contributed by atoms with Crippen molar-refractivity contribution in [3.8, 4) is 5.75 Å². The summed E-state index contributed by atoms with van der Waals surface area (Å²) in [6.07, 6.45) is -0.104. The van der Waals surface area contributed by atoms with Crippen LogP contribution in [0.1, 0.15) is 33.9 Å². The van der Waals surface area contributed by atoms with E-state index in [2.05, 4.69) is 15.9 Å². The van der Waals surface area contributed by atoms with E-state index in [1.54, 1.807) is 17.1 Å². The van der Waals surface area contributed by atoms with Gasteiger partial charge in [-0.25, -0.2) is 5.01 Å². The van der Waals surface area contributed by atoms with Crippen LogP contribution in [0.15, 0.2) is 82.4 Å². The van der Waals surface area contributed by atoms with Gasteiger partial charge in [-0.2, -0.15) is 5.10 Å². The minimum Gasteiger partial charge on any atom is -0.461 e. The summed E-state index contributed by atoms with van der Waals surface area (Å²) in [4.78, 5) is 13.3. The fourth-order valence-corrected chi connectivity index (χ4v) is 4.17. The van der Waals surface area contributed by atoms with E-state index in [4.69, 9.17) is 21.4 Å². The van der Waals surface area contributed by atoms with Crippen molar-refractivity contribution in [3.63, 3.8) is 0 Å². The van der Waals surface area contributed by atoms with E-state index in [-0.39, 0.29) is 11.8 Å².